The van der Waals surface area contributed by atoms with E-state index in [1.807, 2.05) is 37.3 Å². The van der Waals surface area contributed by atoms with Gasteiger partial charge in [-0.3, -0.25) is 4.90 Å². The summed E-state index contributed by atoms with van der Waals surface area (Å²) in [6.45, 7) is 11.5. The fraction of sp³-hybridized carbons (Fsp3) is 0.333. The molecule has 1 aliphatic heterocycles. The molecule has 0 aliphatic carbocycles. The van der Waals surface area contributed by atoms with Gasteiger partial charge in [-0.25, -0.2) is 0 Å². The Balaban J connectivity index is 1.48. The van der Waals surface area contributed by atoms with Gasteiger partial charge in [0.15, 0.2) is 0 Å². The molecule has 1 aliphatic rings. The molecule has 0 N–H and O–H groups in total. The Hall–Kier alpha value is -3.22. The summed E-state index contributed by atoms with van der Waals surface area (Å²) in [6, 6.07) is 14.7. The van der Waals surface area contributed by atoms with Crippen LogP contribution >= 0.6 is 0 Å². The van der Waals surface area contributed by atoms with Crippen LogP contribution < -0.4 is 9.47 Å². The third-order valence-electron chi connectivity index (χ3n) is 5.98. The van der Waals surface area contributed by atoms with Crippen LogP contribution in [0.25, 0.3) is 0 Å². The summed E-state index contributed by atoms with van der Waals surface area (Å²) in [5.41, 5.74) is 5.22. The number of rotatable bonds is 10. The quantitative estimate of drug-likeness (QED) is 0.318. The molecule has 3 nitrogen and oxygen atoms in total. The molecule has 2 aromatic rings. The predicted molar refractivity (Wildman–Crippen MR) is 138 cm³/mol. The highest BCUT2D eigenvalue weighted by Crippen LogP contribution is 2.24. The molecule has 3 rings (SSSR count). The SMILES string of the molecule is C=C/C(=C\C=C\COc1ccc(C(C#CC)CC)cc1)CN1CCc2cc(OC)ccc2C1. The standard InChI is InChI=1S/C30H35NO2/c1-5-10-25(7-3)26-12-15-29(16-13-26)33-20-9-8-11-24(6-2)22-31-19-18-27-21-30(32-4)17-14-28(27)23-31/h6,8-9,11-17,21,25H,2,7,18-20,22-23H2,1,3-4H3/b9-8+,24-11+. The molecule has 172 valence electrons. The Morgan fingerprint density at radius 2 is 1.94 bits per heavy atom. The Labute approximate surface area is 199 Å². The summed E-state index contributed by atoms with van der Waals surface area (Å²) >= 11 is 0. The van der Waals surface area contributed by atoms with E-state index < -0.39 is 0 Å². The second-order valence-corrected chi connectivity index (χ2v) is 8.20. The maximum atomic E-state index is 5.86. The monoisotopic (exact) mass is 441 g/mol. The zero-order chi connectivity index (χ0) is 23.5. The van der Waals surface area contributed by atoms with E-state index in [1.165, 1.54) is 22.3 Å². The van der Waals surface area contributed by atoms with Gasteiger partial charge in [-0.1, -0.05) is 55.9 Å². The number of ether oxygens (including phenoxy) is 2. The summed E-state index contributed by atoms with van der Waals surface area (Å²) in [5, 5.41) is 0. The predicted octanol–water partition coefficient (Wildman–Crippen LogP) is 6.32. The number of nitrogens with zero attached hydrogens (tertiary/aromatic N) is 1. The summed E-state index contributed by atoms with van der Waals surface area (Å²) in [6.07, 6.45) is 10.2. The minimum absolute atomic E-state index is 0.294. The maximum Gasteiger partial charge on any atom is 0.119 e. The normalized spacial score (nSPS) is 14.8. The molecular formula is C30H35NO2. The van der Waals surface area contributed by atoms with E-state index in [2.05, 4.69) is 66.7 Å². The molecule has 0 spiro atoms. The number of hydrogen-bond acceptors (Lipinski definition) is 3. The second-order valence-electron chi connectivity index (χ2n) is 8.20. The van der Waals surface area contributed by atoms with Crippen LogP contribution in [0, 0.1) is 11.8 Å². The van der Waals surface area contributed by atoms with E-state index in [0.717, 1.165) is 44.0 Å². The van der Waals surface area contributed by atoms with Crippen molar-refractivity contribution in [1.82, 2.24) is 4.90 Å². The highest BCUT2D eigenvalue weighted by molar-refractivity contribution is 5.37. The molecule has 1 unspecified atom stereocenters. The number of fused-ring (bicyclic) bond motifs is 1. The molecule has 0 bridgehead atoms. The Morgan fingerprint density at radius 1 is 1.15 bits per heavy atom. The van der Waals surface area contributed by atoms with Gasteiger partial charge in [0.25, 0.3) is 0 Å². The largest absolute Gasteiger partial charge is 0.497 e. The van der Waals surface area contributed by atoms with Crippen molar-refractivity contribution in [3.63, 3.8) is 0 Å². The third-order valence-corrected chi connectivity index (χ3v) is 5.98. The molecule has 1 heterocycles. The molecule has 0 saturated heterocycles. The highest BCUT2D eigenvalue weighted by Gasteiger charge is 2.17. The van der Waals surface area contributed by atoms with Gasteiger partial charge in [0.05, 0.1) is 7.11 Å². The Bertz CT molecular complexity index is 1040. The van der Waals surface area contributed by atoms with Crippen LogP contribution in [0.4, 0.5) is 0 Å². The van der Waals surface area contributed by atoms with Crippen molar-refractivity contribution in [2.24, 2.45) is 0 Å². The number of hydrogen-bond donors (Lipinski definition) is 0. The average Bonchev–Trinajstić information content (AvgIpc) is 2.86. The molecule has 2 aromatic carbocycles. The lowest BCUT2D eigenvalue weighted by Gasteiger charge is -2.29. The lowest BCUT2D eigenvalue weighted by Crippen LogP contribution is -2.31. The Morgan fingerprint density at radius 3 is 2.64 bits per heavy atom. The first kappa shape index (κ1) is 24.4. The fourth-order valence-electron chi connectivity index (χ4n) is 4.08. The van der Waals surface area contributed by atoms with Crippen molar-refractivity contribution in [3.05, 3.63) is 95.6 Å². The zero-order valence-electron chi connectivity index (χ0n) is 20.1. The van der Waals surface area contributed by atoms with Crippen molar-refractivity contribution in [1.29, 1.82) is 0 Å². The Kier molecular flexibility index (Phi) is 9.42. The lowest BCUT2D eigenvalue weighted by molar-refractivity contribution is 0.277. The average molecular weight is 442 g/mol. The molecular weight excluding hydrogens is 406 g/mol. The van der Waals surface area contributed by atoms with Crippen LogP contribution in [0.1, 0.15) is 42.9 Å². The zero-order valence-corrected chi connectivity index (χ0v) is 20.1. The number of benzene rings is 2. The van der Waals surface area contributed by atoms with Gasteiger partial charge in [0.1, 0.15) is 18.1 Å². The number of allylic oxidation sites excluding steroid dienone is 2. The van der Waals surface area contributed by atoms with E-state index in [9.17, 15) is 0 Å². The molecule has 0 radical (unpaired) electrons. The van der Waals surface area contributed by atoms with Crippen LogP contribution in [-0.2, 0) is 13.0 Å². The van der Waals surface area contributed by atoms with Gasteiger partial charge in [0.2, 0.25) is 0 Å². The van der Waals surface area contributed by atoms with Crippen LogP contribution in [0.15, 0.2) is 78.9 Å². The van der Waals surface area contributed by atoms with Gasteiger partial charge in [-0.2, -0.15) is 0 Å². The molecule has 0 saturated carbocycles. The van der Waals surface area contributed by atoms with Crippen LogP contribution in [0.5, 0.6) is 11.5 Å². The van der Waals surface area contributed by atoms with Crippen molar-refractivity contribution in [2.45, 2.75) is 39.2 Å². The van der Waals surface area contributed by atoms with E-state index in [1.54, 1.807) is 7.11 Å². The van der Waals surface area contributed by atoms with E-state index in [-0.39, 0.29) is 0 Å². The summed E-state index contributed by atoms with van der Waals surface area (Å²) in [5.74, 6) is 8.38. The van der Waals surface area contributed by atoms with E-state index in [0.29, 0.717) is 12.5 Å². The van der Waals surface area contributed by atoms with Crippen LogP contribution in [0.2, 0.25) is 0 Å². The molecule has 0 amide bonds. The van der Waals surface area contributed by atoms with Crippen molar-refractivity contribution in [2.75, 3.05) is 26.8 Å². The van der Waals surface area contributed by atoms with Gasteiger partial charge >= 0.3 is 0 Å². The topological polar surface area (TPSA) is 21.7 Å². The van der Waals surface area contributed by atoms with Crippen molar-refractivity contribution >= 4 is 0 Å². The minimum Gasteiger partial charge on any atom is -0.497 e. The molecule has 33 heavy (non-hydrogen) atoms. The van der Waals surface area contributed by atoms with Crippen molar-refractivity contribution in [3.8, 4) is 23.3 Å². The summed E-state index contributed by atoms with van der Waals surface area (Å²) in [7, 11) is 1.72. The van der Waals surface area contributed by atoms with Gasteiger partial charge in [-0.05, 0) is 72.4 Å². The summed E-state index contributed by atoms with van der Waals surface area (Å²) in [4.78, 5) is 2.46. The number of methoxy groups -OCH3 is 1. The van der Waals surface area contributed by atoms with Gasteiger partial charge < -0.3 is 9.47 Å². The fourth-order valence-corrected chi connectivity index (χ4v) is 4.08. The van der Waals surface area contributed by atoms with Gasteiger partial charge in [-0.15, -0.1) is 5.92 Å². The first-order valence-corrected chi connectivity index (χ1v) is 11.7. The van der Waals surface area contributed by atoms with Crippen LogP contribution in [-0.4, -0.2) is 31.7 Å². The lowest BCUT2D eigenvalue weighted by atomic mass is 9.97. The van der Waals surface area contributed by atoms with Crippen LogP contribution in [0.3, 0.4) is 0 Å². The van der Waals surface area contributed by atoms with Crippen molar-refractivity contribution < 1.29 is 9.47 Å². The smallest absolute Gasteiger partial charge is 0.119 e. The molecule has 3 heteroatoms. The molecule has 0 fully saturated rings. The third kappa shape index (κ3) is 7.14. The molecule has 1 atom stereocenters. The second kappa shape index (κ2) is 12.7. The first-order valence-electron chi connectivity index (χ1n) is 11.7. The van der Waals surface area contributed by atoms with E-state index >= 15 is 0 Å². The minimum atomic E-state index is 0.294. The first-order chi connectivity index (χ1) is 16.2. The molecule has 0 aromatic heterocycles. The summed E-state index contributed by atoms with van der Waals surface area (Å²) < 4.78 is 11.2. The van der Waals surface area contributed by atoms with E-state index in [4.69, 9.17) is 9.47 Å². The van der Waals surface area contributed by atoms with Gasteiger partial charge in [0, 0.05) is 25.6 Å². The maximum absolute atomic E-state index is 5.86. The highest BCUT2D eigenvalue weighted by atomic mass is 16.5.